The summed E-state index contributed by atoms with van der Waals surface area (Å²) >= 11 is 0. The molecule has 18 heavy (non-hydrogen) atoms. The van der Waals surface area contributed by atoms with Gasteiger partial charge in [-0.1, -0.05) is 0 Å². The maximum Gasteiger partial charge on any atom is 0.0589 e. The Kier molecular flexibility index (Phi) is 5.01. The average Bonchev–Trinajstić information content (AvgIpc) is 3.14. The quantitative estimate of drug-likeness (QED) is 0.708. The van der Waals surface area contributed by atoms with Gasteiger partial charge < -0.3 is 14.6 Å². The second-order valence-corrected chi connectivity index (χ2v) is 6.00. The van der Waals surface area contributed by atoms with Gasteiger partial charge in [0.25, 0.3) is 0 Å². The average molecular weight is 257 g/mol. The number of ether oxygens (including phenoxy) is 2. The zero-order valence-electron chi connectivity index (χ0n) is 11.7. The van der Waals surface area contributed by atoms with Crippen molar-refractivity contribution in [2.75, 3.05) is 46.6 Å². The topological polar surface area (TPSA) is 41.9 Å². The third-order valence-electron chi connectivity index (χ3n) is 4.52. The van der Waals surface area contributed by atoms with E-state index in [0.717, 1.165) is 38.6 Å². The molecule has 2 aliphatic rings. The van der Waals surface area contributed by atoms with Crippen LogP contribution in [0.3, 0.4) is 0 Å². The van der Waals surface area contributed by atoms with Crippen molar-refractivity contribution in [1.29, 1.82) is 0 Å². The van der Waals surface area contributed by atoms with E-state index in [-0.39, 0.29) is 12.0 Å². The molecule has 2 rings (SSSR count). The van der Waals surface area contributed by atoms with Crippen molar-refractivity contribution in [2.24, 2.45) is 11.3 Å². The summed E-state index contributed by atoms with van der Waals surface area (Å²) < 4.78 is 10.7. The van der Waals surface area contributed by atoms with E-state index in [1.165, 1.54) is 12.8 Å². The van der Waals surface area contributed by atoms with E-state index in [1.54, 1.807) is 7.11 Å². The van der Waals surface area contributed by atoms with E-state index < -0.39 is 0 Å². The standard InChI is InChI=1S/C14H27NO3/c1-12(13-3-4-13)15(6-8-17-2)9-14(10-16)5-7-18-11-14/h12-13,16H,3-11H2,1-2H3. The first kappa shape index (κ1) is 14.3. The minimum atomic E-state index is -0.0448. The van der Waals surface area contributed by atoms with E-state index in [2.05, 4.69) is 11.8 Å². The van der Waals surface area contributed by atoms with Gasteiger partial charge in [-0.25, -0.2) is 0 Å². The molecule has 0 amide bonds. The van der Waals surface area contributed by atoms with Gasteiger partial charge in [-0.3, -0.25) is 4.90 Å². The van der Waals surface area contributed by atoms with Crippen LogP contribution in [0.25, 0.3) is 0 Å². The van der Waals surface area contributed by atoms with E-state index in [9.17, 15) is 5.11 Å². The van der Waals surface area contributed by atoms with Crippen LogP contribution in [0.15, 0.2) is 0 Å². The Labute approximate surface area is 110 Å². The van der Waals surface area contributed by atoms with Gasteiger partial charge in [-0.15, -0.1) is 0 Å². The Balaban J connectivity index is 1.93. The molecule has 0 aromatic carbocycles. The lowest BCUT2D eigenvalue weighted by atomic mass is 9.87. The monoisotopic (exact) mass is 257 g/mol. The normalized spacial score (nSPS) is 30.0. The summed E-state index contributed by atoms with van der Waals surface area (Å²) in [5.74, 6) is 0.847. The minimum Gasteiger partial charge on any atom is -0.396 e. The van der Waals surface area contributed by atoms with Gasteiger partial charge in [-0.2, -0.15) is 0 Å². The zero-order chi connectivity index (χ0) is 13.0. The highest BCUT2D eigenvalue weighted by Gasteiger charge is 2.39. The van der Waals surface area contributed by atoms with Crippen LogP contribution in [0.2, 0.25) is 0 Å². The van der Waals surface area contributed by atoms with E-state index >= 15 is 0 Å². The van der Waals surface area contributed by atoms with Crippen molar-refractivity contribution in [2.45, 2.75) is 32.2 Å². The molecule has 1 heterocycles. The van der Waals surface area contributed by atoms with Crippen LogP contribution in [0.1, 0.15) is 26.2 Å². The predicted octanol–water partition coefficient (Wildman–Crippen LogP) is 1.13. The fourth-order valence-electron chi connectivity index (χ4n) is 2.89. The van der Waals surface area contributed by atoms with Gasteiger partial charge in [0, 0.05) is 38.3 Å². The number of nitrogens with zero attached hydrogens (tertiary/aromatic N) is 1. The number of aliphatic hydroxyl groups is 1. The van der Waals surface area contributed by atoms with Crippen LogP contribution in [0.4, 0.5) is 0 Å². The van der Waals surface area contributed by atoms with Crippen molar-refractivity contribution in [1.82, 2.24) is 4.90 Å². The van der Waals surface area contributed by atoms with Crippen molar-refractivity contribution in [3.63, 3.8) is 0 Å². The molecule has 1 aliphatic heterocycles. The lowest BCUT2D eigenvalue weighted by Crippen LogP contribution is -2.46. The molecule has 2 fully saturated rings. The van der Waals surface area contributed by atoms with Crippen molar-refractivity contribution in [3.05, 3.63) is 0 Å². The predicted molar refractivity (Wildman–Crippen MR) is 70.6 cm³/mol. The largest absolute Gasteiger partial charge is 0.396 e. The summed E-state index contributed by atoms with van der Waals surface area (Å²) in [5.41, 5.74) is -0.0448. The third-order valence-corrected chi connectivity index (χ3v) is 4.52. The van der Waals surface area contributed by atoms with Gasteiger partial charge in [0.2, 0.25) is 0 Å². The molecule has 2 unspecified atom stereocenters. The van der Waals surface area contributed by atoms with Crippen LogP contribution in [0, 0.1) is 11.3 Å². The minimum absolute atomic E-state index is 0.0448. The summed E-state index contributed by atoms with van der Waals surface area (Å²) in [6.45, 7) is 6.68. The second kappa shape index (κ2) is 6.33. The van der Waals surface area contributed by atoms with Crippen LogP contribution < -0.4 is 0 Å². The molecule has 4 heteroatoms. The zero-order valence-corrected chi connectivity index (χ0v) is 11.7. The van der Waals surface area contributed by atoms with Crippen LogP contribution in [-0.2, 0) is 9.47 Å². The molecular formula is C14H27NO3. The number of hydrogen-bond donors (Lipinski definition) is 1. The van der Waals surface area contributed by atoms with Gasteiger partial charge in [-0.05, 0) is 32.1 Å². The summed E-state index contributed by atoms with van der Waals surface area (Å²) in [6.07, 6.45) is 3.69. The molecule has 1 saturated heterocycles. The maximum atomic E-state index is 9.69. The molecule has 4 nitrogen and oxygen atoms in total. The second-order valence-electron chi connectivity index (χ2n) is 6.00. The summed E-state index contributed by atoms with van der Waals surface area (Å²) in [7, 11) is 1.75. The number of rotatable bonds is 8. The molecule has 0 spiro atoms. The van der Waals surface area contributed by atoms with Crippen LogP contribution in [0.5, 0.6) is 0 Å². The molecular weight excluding hydrogens is 230 g/mol. The molecule has 106 valence electrons. The Morgan fingerprint density at radius 3 is 2.78 bits per heavy atom. The lowest BCUT2D eigenvalue weighted by molar-refractivity contribution is 0.0284. The Morgan fingerprint density at radius 1 is 1.50 bits per heavy atom. The molecule has 0 bridgehead atoms. The first-order chi connectivity index (χ1) is 8.71. The summed E-state index contributed by atoms with van der Waals surface area (Å²) in [5, 5.41) is 9.69. The molecule has 1 aliphatic carbocycles. The highest BCUT2D eigenvalue weighted by Crippen LogP contribution is 2.37. The number of methoxy groups -OCH3 is 1. The highest BCUT2D eigenvalue weighted by atomic mass is 16.5. The summed E-state index contributed by atoms with van der Waals surface area (Å²) in [4.78, 5) is 2.49. The Morgan fingerprint density at radius 2 is 2.28 bits per heavy atom. The highest BCUT2D eigenvalue weighted by molar-refractivity contribution is 4.91. The molecule has 1 saturated carbocycles. The van der Waals surface area contributed by atoms with E-state index in [1.807, 2.05) is 0 Å². The third kappa shape index (κ3) is 3.44. The molecule has 1 N–H and O–H groups in total. The SMILES string of the molecule is COCCN(CC1(CO)CCOC1)C(C)C1CC1. The van der Waals surface area contributed by atoms with Crippen LogP contribution >= 0.6 is 0 Å². The number of aliphatic hydroxyl groups excluding tert-OH is 1. The fraction of sp³-hybridized carbons (Fsp3) is 1.00. The summed E-state index contributed by atoms with van der Waals surface area (Å²) in [6, 6.07) is 0.601. The number of hydrogen-bond acceptors (Lipinski definition) is 4. The van der Waals surface area contributed by atoms with Crippen molar-refractivity contribution in [3.8, 4) is 0 Å². The molecule has 2 atom stereocenters. The Bertz CT molecular complexity index is 249. The molecule has 0 aromatic heterocycles. The van der Waals surface area contributed by atoms with Crippen molar-refractivity contribution < 1.29 is 14.6 Å². The maximum absolute atomic E-state index is 9.69. The van der Waals surface area contributed by atoms with E-state index in [4.69, 9.17) is 9.47 Å². The lowest BCUT2D eigenvalue weighted by Gasteiger charge is -2.36. The first-order valence-corrected chi connectivity index (χ1v) is 7.12. The molecule has 0 radical (unpaired) electrons. The Hall–Kier alpha value is -0.160. The smallest absolute Gasteiger partial charge is 0.0589 e. The fourth-order valence-corrected chi connectivity index (χ4v) is 2.89. The van der Waals surface area contributed by atoms with Gasteiger partial charge >= 0.3 is 0 Å². The van der Waals surface area contributed by atoms with E-state index in [0.29, 0.717) is 12.6 Å². The van der Waals surface area contributed by atoms with Gasteiger partial charge in [0.05, 0.1) is 19.8 Å². The molecule has 0 aromatic rings. The van der Waals surface area contributed by atoms with Crippen LogP contribution in [-0.4, -0.2) is 62.7 Å². The van der Waals surface area contributed by atoms with Crippen molar-refractivity contribution >= 4 is 0 Å². The van der Waals surface area contributed by atoms with Gasteiger partial charge in [0.15, 0.2) is 0 Å². The first-order valence-electron chi connectivity index (χ1n) is 7.12. The van der Waals surface area contributed by atoms with Gasteiger partial charge in [0.1, 0.15) is 0 Å².